The molecule has 3 heterocycles. The standard InChI is InChI=1S/C16H23N5O3S/c1-11(22)20-16-17-7-14(25-16)9-21-3-4-24-13(8-21)5-12-6-15(23-2)19-10-18-12/h6-7,13,18H,3-5,8-10H2,1-2H3,(H,17,20,22)/t13-/m1/s1. The van der Waals surface area contributed by atoms with Gasteiger partial charge in [0.15, 0.2) is 5.13 Å². The van der Waals surface area contributed by atoms with Gasteiger partial charge in [-0.2, -0.15) is 0 Å². The number of carbonyl (C=O) groups is 1. The van der Waals surface area contributed by atoms with Crippen molar-refractivity contribution < 1.29 is 14.3 Å². The molecule has 0 aliphatic carbocycles. The van der Waals surface area contributed by atoms with Crippen LogP contribution in [0.1, 0.15) is 18.2 Å². The van der Waals surface area contributed by atoms with Gasteiger partial charge in [-0.15, -0.1) is 11.3 Å². The predicted octanol–water partition coefficient (Wildman–Crippen LogP) is 1.18. The second-order valence-corrected chi connectivity index (χ2v) is 7.07. The topological polar surface area (TPSA) is 88.1 Å². The van der Waals surface area contributed by atoms with Crippen LogP contribution in [-0.4, -0.2) is 61.3 Å². The molecule has 8 nitrogen and oxygen atoms in total. The van der Waals surface area contributed by atoms with E-state index >= 15 is 0 Å². The summed E-state index contributed by atoms with van der Waals surface area (Å²) >= 11 is 1.51. The molecular weight excluding hydrogens is 342 g/mol. The summed E-state index contributed by atoms with van der Waals surface area (Å²) in [5.41, 5.74) is 1.09. The van der Waals surface area contributed by atoms with Gasteiger partial charge in [0.2, 0.25) is 11.8 Å². The van der Waals surface area contributed by atoms with E-state index in [1.54, 1.807) is 7.11 Å². The largest absolute Gasteiger partial charge is 0.481 e. The van der Waals surface area contributed by atoms with Crippen LogP contribution in [0, 0.1) is 0 Å². The number of aliphatic imine (C=N–C) groups is 1. The van der Waals surface area contributed by atoms with E-state index in [1.807, 2.05) is 12.3 Å². The first kappa shape index (κ1) is 17.8. The highest BCUT2D eigenvalue weighted by Gasteiger charge is 2.23. The van der Waals surface area contributed by atoms with Gasteiger partial charge in [-0.25, -0.2) is 9.98 Å². The molecule has 1 aromatic rings. The van der Waals surface area contributed by atoms with Crippen molar-refractivity contribution in [2.75, 3.05) is 38.8 Å². The SMILES string of the molecule is COC1=NCNC(C[C@@H]2CN(Cc3cnc(NC(C)=O)s3)CCO2)=C1. The lowest BCUT2D eigenvalue weighted by atomic mass is 10.1. The van der Waals surface area contributed by atoms with Crippen molar-refractivity contribution in [3.63, 3.8) is 0 Å². The molecule has 1 atom stereocenters. The molecule has 0 radical (unpaired) electrons. The van der Waals surface area contributed by atoms with Crippen molar-refractivity contribution in [1.82, 2.24) is 15.2 Å². The Kier molecular flexibility index (Phi) is 6.00. The molecule has 2 N–H and O–H groups in total. The van der Waals surface area contributed by atoms with Gasteiger partial charge < -0.3 is 20.1 Å². The molecule has 0 unspecified atom stereocenters. The number of aromatic nitrogens is 1. The number of thiazole rings is 1. The van der Waals surface area contributed by atoms with Crippen LogP contribution in [0.4, 0.5) is 5.13 Å². The first-order valence-electron chi connectivity index (χ1n) is 8.21. The molecule has 1 amide bonds. The Labute approximate surface area is 150 Å². The Morgan fingerprint density at radius 1 is 1.60 bits per heavy atom. The van der Waals surface area contributed by atoms with Crippen molar-refractivity contribution in [3.8, 4) is 0 Å². The molecule has 2 aliphatic rings. The lowest BCUT2D eigenvalue weighted by Crippen LogP contribution is -2.42. The van der Waals surface area contributed by atoms with Crippen LogP contribution in [0.25, 0.3) is 0 Å². The van der Waals surface area contributed by atoms with Gasteiger partial charge in [0, 0.05) is 55.8 Å². The molecule has 3 rings (SSSR count). The minimum atomic E-state index is -0.0976. The molecule has 0 saturated carbocycles. The molecule has 1 saturated heterocycles. The van der Waals surface area contributed by atoms with Crippen LogP contribution in [0.5, 0.6) is 0 Å². The normalized spacial score (nSPS) is 21.1. The highest BCUT2D eigenvalue weighted by molar-refractivity contribution is 7.15. The predicted molar refractivity (Wildman–Crippen MR) is 96.6 cm³/mol. The van der Waals surface area contributed by atoms with E-state index in [0.717, 1.165) is 36.6 Å². The molecule has 1 aromatic heterocycles. The van der Waals surface area contributed by atoms with Gasteiger partial charge in [0.05, 0.1) is 19.8 Å². The molecule has 0 bridgehead atoms. The van der Waals surface area contributed by atoms with Crippen molar-refractivity contribution in [2.45, 2.75) is 26.0 Å². The van der Waals surface area contributed by atoms with Crippen LogP contribution in [0.15, 0.2) is 23.0 Å². The zero-order valence-corrected chi connectivity index (χ0v) is 15.3. The van der Waals surface area contributed by atoms with Gasteiger partial charge in [0.25, 0.3) is 0 Å². The van der Waals surface area contributed by atoms with Crippen LogP contribution in [0.3, 0.4) is 0 Å². The van der Waals surface area contributed by atoms with E-state index in [9.17, 15) is 4.79 Å². The number of carbonyl (C=O) groups excluding carboxylic acids is 1. The number of hydrogen-bond acceptors (Lipinski definition) is 8. The molecule has 25 heavy (non-hydrogen) atoms. The Morgan fingerprint density at radius 2 is 2.48 bits per heavy atom. The summed E-state index contributed by atoms with van der Waals surface area (Å²) in [7, 11) is 1.63. The Bertz CT molecular complexity index is 672. The van der Waals surface area contributed by atoms with E-state index in [-0.39, 0.29) is 12.0 Å². The fraction of sp³-hybridized carbons (Fsp3) is 0.562. The maximum Gasteiger partial charge on any atom is 0.223 e. The molecule has 9 heteroatoms. The van der Waals surface area contributed by atoms with Crippen molar-refractivity contribution in [3.05, 3.63) is 22.8 Å². The highest BCUT2D eigenvalue weighted by atomic mass is 32.1. The fourth-order valence-electron chi connectivity index (χ4n) is 2.82. The summed E-state index contributed by atoms with van der Waals surface area (Å²) in [5.74, 6) is 0.552. The zero-order chi connectivity index (χ0) is 17.6. The van der Waals surface area contributed by atoms with Crippen molar-refractivity contribution >= 4 is 28.3 Å². The van der Waals surface area contributed by atoms with Gasteiger partial charge >= 0.3 is 0 Å². The molecule has 0 spiro atoms. The van der Waals surface area contributed by atoms with E-state index in [1.165, 1.54) is 18.3 Å². The second kappa shape index (κ2) is 8.41. The molecular formula is C16H23N5O3S. The van der Waals surface area contributed by atoms with Crippen LogP contribution in [0.2, 0.25) is 0 Å². The average molecular weight is 365 g/mol. The number of ether oxygens (including phenoxy) is 2. The Morgan fingerprint density at radius 3 is 3.28 bits per heavy atom. The number of anilines is 1. The van der Waals surface area contributed by atoms with Gasteiger partial charge in [-0.3, -0.25) is 9.69 Å². The lowest BCUT2D eigenvalue weighted by Gasteiger charge is -2.33. The van der Waals surface area contributed by atoms with Crippen LogP contribution in [-0.2, 0) is 20.8 Å². The minimum absolute atomic E-state index is 0.0976. The maximum atomic E-state index is 11.1. The summed E-state index contributed by atoms with van der Waals surface area (Å²) in [4.78, 5) is 23.0. The Hall–Kier alpha value is -1.97. The van der Waals surface area contributed by atoms with Crippen molar-refractivity contribution in [2.24, 2.45) is 4.99 Å². The van der Waals surface area contributed by atoms with Crippen LogP contribution < -0.4 is 10.6 Å². The minimum Gasteiger partial charge on any atom is -0.481 e. The smallest absolute Gasteiger partial charge is 0.223 e. The number of amides is 1. The highest BCUT2D eigenvalue weighted by Crippen LogP contribution is 2.22. The number of nitrogens with one attached hydrogen (secondary N) is 2. The number of rotatable bonds is 5. The first-order chi connectivity index (χ1) is 12.1. The van der Waals surface area contributed by atoms with E-state index in [0.29, 0.717) is 24.3 Å². The summed E-state index contributed by atoms with van der Waals surface area (Å²) in [5, 5.41) is 6.63. The lowest BCUT2D eigenvalue weighted by molar-refractivity contribution is -0.114. The fourth-order valence-corrected chi connectivity index (χ4v) is 3.72. The van der Waals surface area contributed by atoms with E-state index in [4.69, 9.17) is 9.47 Å². The van der Waals surface area contributed by atoms with Crippen molar-refractivity contribution in [1.29, 1.82) is 0 Å². The summed E-state index contributed by atoms with van der Waals surface area (Å²) in [6.45, 7) is 5.29. The summed E-state index contributed by atoms with van der Waals surface area (Å²) < 4.78 is 11.1. The van der Waals surface area contributed by atoms with E-state index in [2.05, 4.69) is 25.5 Å². The second-order valence-electron chi connectivity index (χ2n) is 5.95. The Balaban J connectivity index is 1.53. The third-order valence-electron chi connectivity index (χ3n) is 3.93. The van der Waals surface area contributed by atoms with E-state index < -0.39 is 0 Å². The third-order valence-corrected chi connectivity index (χ3v) is 4.83. The number of morpholine rings is 1. The zero-order valence-electron chi connectivity index (χ0n) is 14.4. The maximum absolute atomic E-state index is 11.1. The quantitative estimate of drug-likeness (QED) is 0.815. The average Bonchev–Trinajstić information content (AvgIpc) is 3.01. The third kappa shape index (κ3) is 5.25. The molecule has 2 aliphatic heterocycles. The van der Waals surface area contributed by atoms with Gasteiger partial charge in [-0.1, -0.05) is 0 Å². The number of methoxy groups -OCH3 is 1. The van der Waals surface area contributed by atoms with Gasteiger partial charge in [-0.05, 0) is 0 Å². The monoisotopic (exact) mass is 365 g/mol. The molecule has 0 aromatic carbocycles. The van der Waals surface area contributed by atoms with Gasteiger partial charge in [0.1, 0.15) is 6.67 Å². The summed E-state index contributed by atoms with van der Waals surface area (Å²) in [6, 6.07) is 0. The van der Waals surface area contributed by atoms with Crippen LogP contribution >= 0.6 is 11.3 Å². The number of hydrogen-bond donors (Lipinski definition) is 2. The summed E-state index contributed by atoms with van der Waals surface area (Å²) in [6.07, 6.45) is 4.69. The number of nitrogens with zero attached hydrogens (tertiary/aromatic N) is 3. The molecule has 136 valence electrons. The first-order valence-corrected chi connectivity index (χ1v) is 9.03. The molecule has 1 fully saturated rings.